The van der Waals surface area contributed by atoms with Gasteiger partial charge in [0.05, 0.1) is 0 Å². The van der Waals surface area contributed by atoms with Gasteiger partial charge in [0.2, 0.25) is 0 Å². The smallest absolute Gasteiger partial charge is 0.191 e. The third-order valence-electron chi connectivity index (χ3n) is 3.83. The highest BCUT2D eigenvalue weighted by molar-refractivity contribution is 5.79. The van der Waals surface area contributed by atoms with Gasteiger partial charge in [-0.25, -0.2) is 0 Å². The van der Waals surface area contributed by atoms with Crippen LogP contribution in [0.4, 0.5) is 0 Å². The highest BCUT2D eigenvalue weighted by Gasteiger charge is 2.04. The SMILES string of the molecule is CN=C(NCCCc1nnc2ccccn12)NCc1ccn(C)c1. The Morgan fingerprint density at radius 1 is 1.17 bits per heavy atom. The molecule has 2 N–H and O–H groups in total. The number of nitrogens with one attached hydrogen (secondary N) is 2. The molecule has 7 heteroatoms. The molecule has 0 radical (unpaired) electrons. The third-order valence-corrected chi connectivity index (χ3v) is 3.83. The second-order valence-corrected chi connectivity index (χ2v) is 5.69. The van der Waals surface area contributed by atoms with Crippen molar-refractivity contribution < 1.29 is 0 Å². The summed E-state index contributed by atoms with van der Waals surface area (Å²) in [6.07, 6.45) is 7.96. The van der Waals surface area contributed by atoms with Gasteiger partial charge in [-0.2, -0.15) is 0 Å². The fourth-order valence-corrected chi connectivity index (χ4v) is 2.59. The molecule has 0 amide bonds. The van der Waals surface area contributed by atoms with E-state index in [1.807, 2.05) is 46.6 Å². The van der Waals surface area contributed by atoms with Crippen LogP contribution in [-0.4, -0.2) is 38.7 Å². The minimum atomic E-state index is 0.759. The molecule has 7 nitrogen and oxygen atoms in total. The molecule has 0 unspecified atom stereocenters. The fraction of sp³-hybridized carbons (Fsp3) is 0.353. The summed E-state index contributed by atoms with van der Waals surface area (Å²) in [5.74, 6) is 1.80. The maximum atomic E-state index is 4.25. The lowest BCUT2D eigenvalue weighted by Crippen LogP contribution is -2.37. The van der Waals surface area contributed by atoms with Crippen LogP contribution in [0, 0.1) is 0 Å². The highest BCUT2D eigenvalue weighted by Crippen LogP contribution is 2.04. The summed E-state index contributed by atoms with van der Waals surface area (Å²) < 4.78 is 4.07. The molecule has 0 aliphatic carbocycles. The van der Waals surface area contributed by atoms with Gasteiger partial charge in [-0.3, -0.25) is 9.39 Å². The van der Waals surface area contributed by atoms with Crippen LogP contribution >= 0.6 is 0 Å². The van der Waals surface area contributed by atoms with Gasteiger partial charge in [0.15, 0.2) is 11.6 Å². The fourth-order valence-electron chi connectivity index (χ4n) is 2.59. The molecule has 0 atom stereocenters. The summed E-state index contributed by atoms with van der Waals surface area (Å²) in [7, 11) is 3.80. The van der Waals surface area contributed by atoms with Crippen LogP contribution in [0.2, 0.25) is 0 Å². The lowest BCUT2D eigenvalue weighted by atomic mass is 10.3. The topological polar surface area (TPSA) is 71.5 Å². The number of aliphatic imine (C=N–C) groups is 1. The summed E-state index contributed by atoms with van der Waals surface area (Å²) in [5, 5.41) is 15.1. The van der Waals surface area contributed by atoms with Crippen molar-refractivity contribution in [3.05, 3.63) is 54.2 Å². The van der Waals surface area contributed by atoms with Crippen LogP contribution < -0.4 is 10.6 Å². The van der Waals surface area contributed by atoms with Crippen LogP contribution in [0.3, 0.4) is 0 Å². The molecule has 3 aromatic rings. The van der Waals surface area contributed by atoms with E-state index in [0.29, 0.717) is 0 Å². The second kappa shape index (κ2) is 7.63. The predicted octanol–water partition coefficient (Wildman–Crippen LogP) is 1.37. The summed E-state index contributed by atoms with van der Waals surface area (Å²) in [4.78, 5) is 4.25. The normalized spacial score (nSPS) is 11.8. The second-order valence-electron chi connectivity index (χ2n) is 5.69. The Balaban J connectivity index is 1.43. The molecule has 0 saturated heterocycles. The van der Waals surface area contributed by atoms with E-state index in [4.69, 9.17) is 0 Å². The summed E-state index contributed by atoms with van der Waals surface area (Å²) in [5.41, 5.74) is 2.12. The van der Waals surface area contributed by atoms with Crippen LogP contribution in [0.15, 0.2) is 47.8 Å². The zero-order valence-electron chi connectivity index (χ0n) is 14.1. The Morgan fingerprint density at radius 2 is 2.08 bits per heavy atom. The van der Waals surface area contributed by atoms with Crippen molar-refractivity contribution in [1.29, 1.82) is 0 Å². The molecule has 126 valence electrons. The Labute approximate surface area is 141 Å². The number of nitrogens with zero attached hydrogens (tertiary/aromatic N) is 5. The first kappa shape index (κ1) is 16.0. The highest BCUT2D eigenvalue weighted by atomic mass is 15.2. The van der Waals surface area contributed by atoms with Crippen molar-refractivity contribution in [2.75, 3.05) is 13.6 Å². The van der Waals surface area contributed by atoms with Gasteiger partial charge in [0.1, 0.15) is 5.82 Å². The average molecular weight is 325 g/mol. The third kappa shape index (κ3) is 3.92. The number of guanidine groups is 1. The van der Waals surface area contributed by atoms with E-state index in [0.717, 1.165) is 43.4 Å². The maximum Gasteiger partial charge on any atom is 0.191 e. The monoisotopic (exact) mass is 325 g/mol. The molecule has 0 spiro atoms. The van der Waals surface area contributed by atoms with E-state index >= 15 is 0 Å². The standard InChI is InChI=1S/C17H23N7/c1-18-17(20-12-14-8-11-23(2)13-14)19-9-5-7-16-22-21-15-6-3-4-10-24(15)16/h3-4,6,8,10-11,13H,5,7,9,12H2,1-2H3,(H2,18,19,20). The van der Waals surface area contributed by atoms with Gasteiger partial charge < -0.3 is 15.2 Å². The van der Waals surface area contributed by atoms with Gasteiger partial charge in [-0.05, 0) is 30.2 Å². The number of fused-ring (bicyclic) bond motifs is 1. The van der Waals surface area contributed by atoms with Crippen LogP contribution in [0.25, 0.3) is 5.65 Å². The zero-order chi connectivity index (χ0) is 16.8. The first-order valence-corrected chi connectivity index (χ1v) is 8.10. The predicted molar refractivity (Wildman–Crippen MR) is 94.9 cm³/mol. The molecule has 0 fully saturated rings. The molecule has 0 bridgehead atoms. The van der Waals surface area contributed by atoms with Crippen molar-refractivity contribution in [2.24, 2.45) is 12.0 Å². The van der Waals surface area contributed by atoms with E-state index in [9.17, 15) is 0 Å². The van der Waals surface area contributed by atoms with E-state index in [2.05, 4.69) is 38.1 Å². The first-order chi connectivity index (χ1) is 11.8. The number of aryl methyl sites for hydroxylation is 2. The minimum Gasteiger partial charge on any atom is -0.357 e. The Kier molecular flexibility index (Phi) is 5.10. The number of rotatable bonds is 6. The molecule has 3 aromatic heterocycles. The Hall–Kier alpha value is -2.83. The van der Waals surface area contributed by atoms with Crippen LogP contribution in [0.1, 0.15) is 17.8 Å². The number of aromatic nitrogens is 4. The lowest BCUT2D eigenvalue weighted by molar-refractivity contribution is 0.714. The largest absolute Gasteiger partial charge is 0.357 e. The van der Waals surface area contributed by atoms with Crippen molar-refractivity contribution in [1.82, 2.24) is 29.8 Å². The number of hydrogen-bond donors (Lipinski definition) is 2. The quantitative estimate of drug-likeness (QED) is 0.408. The molecular formula is C17H23N7. The maximum absolute atomic E-state index is 4.25. The van der Waals surface area contributed by atoms with Crippen LogP contribution in [-0.2, 0) is 20.0 Å². The van der Waals surface area contributed by atoms with Gasteiger partial charge in [-0.1, -0.05) is 6.07 Å². The van der Waals surface area contributed by atoms with Crippen molar-refractivity contribution >= 4 is 11.6 Å². The average Bonchev–Trinajstić information content (AvgIpc) is 3.20. The molecule has 0 saturated carbocycles. The van der Waals surface area contributed by atoms with Gasteiger partial charge in [0, 0.05) is 52.2 Å². The number of hydrogen-bond acceptors (Lipinski definition) is 3. The summed E-state index contributed by atoms with van der Waals surface area (Å²) in [6.45, 7) is 1.59. The van der Waals surface area contributed by atoms with Crippen LogP contribution in [0.5, 0.6) is 0 Å². The molecule has 24 heavy (non-hydrogen) atoms. The van der Waals surface area contributed by atoms with Crippen molar-refractivity contribution in [3.8, 4) is 0 Å². The molecule has 3 heterocycles. The van der Waals surface area contributed by atoms with E-state index in [1.54, 1.807) is 7.05 Å². The summed E-state index contributed by atoms with van der Waals surface area (Å²) >= 11 is 0. The molecule has 3 rings (SSSR count). The molecule has 0 aliphatic heterocycles. The lowest BCUT2D eigenvalue weighted by Gasteiger charge is -2.11. The van der Waals surface area contributed by atoms with E-state index in [1.165, 1.54) is 5.56 Å². The van der Waals surface area contributed by atoms with E-state index in [-0.39, 0.29) is 0 Å². The molecular weight excluding hydrogens is 302 g/mol. The molecule has 0 aromatic carbocycles. The van der Waals surface area contributed by atoms with Crippen molar-refractivity contribution in [3.63, 3.8) is 0 Å². The van der Waals surface area contributed by atoms with Gasteiger partial charge >= 0.3 is 0 Å². The summed E-state index contributed by atoms with van der Waals surface area (Å²) in [6, 6.07) is 8.02. The van der Waals surface area contributed by atoms with Gasteiger partial charge in [-0.15, -0.1) is 10.2 Å². The Bertz CT molecular complexity index is 815. The Morgan fingerprint density at radius 3 is 2.88 bits per heavy atom. The van der Waals surface area contributed by atoms with Gasteiger partial charge in [0.25, 0.3) is 0 Å². The van der Waals surface area contributed by atoms with Crippen molar-refractivity contribution in [2.45, 2.75) is 19.4 Å². The molecule has 0 aliphatic rings. The minimum absolute atomic E-state index is 0.759. The number of pyridine rings is 1. The van der Waals surface area contributed by atoms with E-state index < -0.39 is 0 Å². The first-order valence-electron chi connectivity index (χ1n) is 8.10. The zero-order valence-corrected chi connectivity index (χ0v) is 14.1.